The minimum absolute atomic E-state index is 0.0164. The Hall–Kier alpha value is -1.26. The van der Waals surface area contributed by atoms with Gasteiger partial charge in [0.25, 0.3) is 5.54 Å². The zero-order valence-corrected chi connectivity index (χ0v) is 9.90. The largest absolute Gasteiger partial charge is 0.303 e. The molecule has 5 nitrogen and oxygen atoms in total. The molecule has 0 aromatic rings. The Bertz CT molecular complexity index is 265. The van der Waals surface area contributed by atoms with Gasteiger partial charge in [-0.1, -0.05) is 20.3 Å². The normalized spacial score (nSPS) is 14.1. The number of hydrogen-bond donors (Lipinski definition) is 0. The quantitative estimate of drug-likeness (QED) is 0.345. The molecule has 0 aromatic heterocycles. The van der Waals surface area contributed by atoms with Gasteiger partial charge in [0.05, 0.1) is 0 Å². The van der Waals surface area contributed by atoms with Crippen LogP contribution in [-0.4, -0.2) is 22.5 Å². The van der Waals surface area contributed by atoms with Crippen LogP contribution in [0.2, 0.25) is 0 Å². The summed E-state index contributed by atoms with van der Waals surface area (Å²) >= 11 is 0. The Morgan fingerprint density at radius 1 is 1.44 bits per heavy atom. The summed E-state index contributed by atoms with van der Waals surface area (Å²) in [6.07, 6.45) is 2.57. The number of carbonyl (C=O) groups excluding carboxylic acids is 2. The Labute approximate surface area is 95.4 Å². The lowest BCUT2D eigenvalue weighted by Gasteiger charge is -2.21. The maximum absolute atomic E-state index is 11.8. The molecule has 0 aromatic carbocycles. The molecule has 16 heavy (non-hydrogen) atoms. The Balaban J connectivity index is 4.80. The van der Waals surface area contributed by atoms with Gasteiger partial charge in [-0.3, -0.25) is 14.9 Å². The minimum atomic E-state index is -1.55. The lowest BCUT2D eigenvalue weighted by Crippen LogP contribution is -2.46. The van der Waals surface area contributed by atoms with E-state index in [1.165, 1.54) is 0 Å². The summed E-state index contributed by atoms with van der Waals surface area (Å²) in [4.78, 5) is 32.7. The molecule has 0 aliphatic carbocycles. The maximum Gasteiger partial charge on any atom is 0.279 e. The standard InChI is InChI=1S/C11H19NO4/c1-3-5-7-10(14)11(4-2,12(15)16)8-6-9-13/h9H,3-8H2,1-2H3. The molecule has 0 saturated heterocycles. The Kier molecular flexibility index (Phi) is 6.53. The summed E-state index contributed by atoms with van der Waals surface area (Å²) in [5.74, 6) is -0.344. The molecule has 1 unspecified atom stereocenters. The molecule has 0 saturated carbocycles. The van der Waals surface area contributed by atoms with Crippen LogP contribution in [0, 0.1) is 10.1 Å². The smallest absolute Gasteiger partial charge is 0.279 e. The van der Waals surface area contributed by atoms with E-state index in [-0.39, 0.29) is 31.5 Å². The second-order valence-electron chi connectivity index (χ2n) is 3.87. The summed E-state index contributed by atoms with van der Waals surface area (Å²) < 4.78 is 0. The van der Waals surface area contributed by atoms with Crippen LogP contribution < -0.4 is 0 Å². The first-order chi connectivity index (χ1) is 7.55. The van der Waals surface area contributed by atoms with E-state index >= 15 is 0 Å². The van der Waals surface area contributed by atoms with Gasteiger partial charge in [-0.05, 0) is 6.42 Å². The second kappa shape index (κ2) is 7.09. The van der Waals surface area contributed by atoms with Crippen molar-refractivity contribution in [2.24, 2.45) is 0 Å². The van der Waals surface area contributed by atoms with Crippen molar-refractivity contribution in [3.8, 4) is 0 Å². The summed E-state index contributed by atoms with van der Waals surface area (Å²) in [6, 6.07) is 0. The highest BCUT2D eigenvalue weighted by molar-refractivity contribution is 5.87. The highest BCUT2D eigenvalue weighted by Gasteiger charge is 2.47. The maximum atomic E-state index is 11.8. The molecule has 0 fully saturated rings. The van der Waals surface area contributed by atoms with Gasteiger partial charge in [0.2, 0.25) is 5.78 Å². The van der Waals surface area contributed by atoms with E-state index in [2.05, 4.69) is 0 Å². The highest BCUT2D eigenvalue weighted by Crippen LogP contribution is 2.25. The first-order valence-electron chi connectivity index (χ1n) is 5.66. The van der Waals surface area contributed by atoms with Crippen LogP contribution in [-0.2, 0) is 9.59 Å². The fraction of sp³-hybridized carbons (Fsp3) is 0.818. The lowest BCUT2D eigenvalue weighted by molar-refractivity contribution is -0.553. The first-order valence-corrected chi connectivity index (χ1v) is 5.66. The van der Waals surface area contributed by atoms with Crippen molar-refractivity contribution >= 4 is 12.1 Å². The lowest BCUT2D eigenvalue weighted by atomic mass is 9.84. The van der Waals surface area contributed by atoms with Gasteiger partial charge in [-0.2, -0.15) is 0 Å². The van der Waals surface area contributed by atoms with Crippen molar-refractivity contribution in [2.45, 2.75) is 57.9 Å². The summed E-state index contributed by atoms with van der Waals surface area (Å²) in [7, 11) is 0. The van der Waals surface area contributed by atoms with Crippen LogP contribution in [0.5, 0.6) is 0 Å². The SMILES string of the molecule is CCCCC(=O)C(CC)(CCC=O)[N+](=O)[O-]. The number of rotatable bonds is 9. The van der Waals surface area contributed by atoms with Crippen LogP contribution in [0.3, 0.4) is 0 Å². The molecular weight excluding hydrogens is 210 g/mol. The predicted molar refractivity (Wildman–Crippen MR) is 59.8 cm³/mol. The van der Waals surface area contributed by atoms with Gasteiger partial charge >= 0.3 is 0 Å². The van der Waals surface area contributed by atoms with Crippen molar-refractivity contribution in [3.63, 3.8) is 0 Å². The highest BCUT2D eigenvalue weighted by atomic mass is 16.6. The molecule has 0 radical (unpaired) electrons. The number of aldehydes is 1. The number of unbranched alkanes of at least 4 members (excludes halogenated alkanes) is 1. The molecule has 0 aliphatic heterocycles. The van der Waals surface area contributed by atoms with E-state index in [1.807, 2.05) is 6.92 Å². The molecule has 1 atom stereocenters. The fourth-order valence-corrected chi connectivity index (χ4v) is 1.70. The van der Waals surface area contributed by atoms with Crippen molar-refractivity contribution in [1.82, 2.24) is 0 Å². The molecule has 0 N–H and O–H groups in total. The molecular formula is C11H19NO4. The van der Waals surface area contributed by atoms with Crippen LogP contribution in [0.25, 0.3) is 0 Å². The number of nitrogens with zero attached hydrogens (tertiary/aromatic N) is 1. The number of Topliss-reactive ketones (excluding diaryl/α,β-unsaturated/α-hetero) is 1. The molecule has 0 amide bonds. The van der Waals surface area contributed by atoms with Gasteiger partial charge in [0, 0.05) is 30.6 Å². The average Bonchev–Trinajstić information content (AvgIpc) is 2.27. The Morgan fingerprint density at radius 3 is 2.44 bits per heavy atom. The van der Waals surface area contributed by atoms with E-state index in [0.29, 0.717) is 12.7 Å². The molecule has 0 heterocycles. The van der Waals surface area contributed by atoms with Crippen LogP contribution in [0.1, 0.15) is 52.4 Å². The third-order valence-electron chi connectivity index (χ3n) is 2.89. The summed E-state index contributed by atoms with van der Waals surface area (Å²) in [5.41, 5.74) is -1.55. The van der Waals surface area contributed by atoms with Crippen molar-refractivity contribution in [2.75, 3.05) is 0 Å². The Morgan fingerprint density at radius 2 is 2.06 bits per heavy atom. The van der Waals surface area contributed by atoms with Gasteiger partial charge in [0.15, 0.2) is 0 Å². The molecule has 0 rings (SSSR count). The fourth-order valence-electron chi connectivity index (χ4n) is 1.70. The van der Waals surface area contributed by atoms with Crippen LogP contribution >= 0.6 is 0 Å². The number of carbonyl (C=O) groups is 2. The van der Waals surface area contributed by atoms with Crippen LogP contribution in [0.15, 0.2) is 0 Å². The van der Waals surface area contributed by atoms with Gasteiger partial charge in [0.1, 0.15) is 6.29 Å². The minimum Gasteiger partial charge on any atom is -0.303 e. The number of nitro groups is 1. The van der Waals surface area contributed by atoms with Crippen molar-refractivity contribution in [3.05, 3.63) is 10.1 Å². The second-order valence-corrected chi connectivity index (χ2v) is 3.87. The van der Waals surface area contributed by atoms with E-state index in [0.717, 1.165) is 6.42 Å². The molecule has 0 bridgehead atoms. The third-order valence-corrected chi connectivity index (χ3v) is 2.89. The average molecular weight is 229 g/mol. The number of ketones is 1. The zero-order chi connectivity index (χ0) is 12.6. The topological polar surface area (TPSA) is 77.3 Å². The van der Waals surface area contributed by atoms with E-state index in [1.54, 1.807) is 6.92 Å². The van der Waals surface area contributed by atoms with Gasteiger partial charge in [-0.15, -0.1) is 0 Å². The van der Waals surface area contributed by atoms with E-state index in [4.69, 9.17) is 0 Å². The molecule has 92 valence electrons. The first kappa shape index (κ1) is 14.7. The number of hydrogen-bond acceptors (Lipinski definition) is 4. The summed E-state index contributed by atoms with van der Waals surface area (Å²) in [5, 5.41) is 11.0. The zero-order valence-electron chi connectivity index (χ0n) is 9.90. The van der Waals surface area contributed by atoms with E-state index < -0.39 is 10.5 Å². The molecule has 5 heteroatoms. The predicted octanol–water partition coefficient (Wildman–Crippen LogP) is 2.15. The van der Waals surface area contributed by atoms with Crippen molar-refractivity contribution < 1.29 is 14.5 Å². The summed E-state index contributed by atoms with van der Waals surface area (Å²) in [6.45, 7) is 3.55. The van der Waals surface area contributed by atoms with Crippen molar-refractivity contribution in [1.29, 1.82) is 0 Å². The monoisotopic (exact) mass is 229 g/mol. The third kappa shape index (κ3) is 3.40. The van der Waals surface area contributed by atoms with Gasteiger partial charge < -0.3 is 4.79 Å². The van der Waals surface area contributed by atoms with E-state index in [9.17, 15) is 19.7 Å². The van der Waals surface area contributed by atoms with Crippen LogP contribution in [0.4, 0.5) is 0 Å². The van der Waals surface area contributed by atoms with Gasteiger partial charge in [-0.25, -0.2) is 0 Å². The molecule has 0 spiro atoms. The molecule has 0 aliphatic rings.